The summed E-state index contributed by atoms with van der Waals surface area (Å²) in [5.41, 5.74) is 2.61. The quantitative estimate of drug-likeness (QED) is 0.531. The Bertz CT molecular complexity index is 1190. The Morgan fingerprint density at radius 3 is 2.30 bits per heavy atom. The smallest absolute Gasteiger partial charge is 0.282 e. The summed E-state index contributed by atoms with van der Waals surface area (Å²) in [5, 5.41) is 4.68. The van der Waals surface area contributed by atoms with E-state index in [-0.39, 0.29) is 19.0 Å². The van der Waals surface area contributed by atoms with Crippen LogP contribution in [0.25, 0.3) is 16.9 Å². The van der Waals surface area contributed by atoms with Crippen molar-refractivity contribution in [2.45, 2.75) is 13.8 Å². The molecule has 1 fully saturated rings. The number of rotatable bonds is 7. The molecular weight excluding hydrogens is 440 g/mol. The molecule has 3 aromatic rings. The lowest BCUT2D eigenvalue weighted by atomic mass is 10.1. The molecule has 0 radical (unpaired) electrons. The zero-order chi connectivity index (χ0) is 23.4. The lowest BCUT2D eigenvalue weighted by molar-refractivity contribution is 0.0695. The maximum Gasteiger partial charge on any atom is 0.282 e. The van der Waals surface area contributed by atoms with Crippen LogP contribution in [-0.4, -0.2) is 81.9 Å². The maximum absolute atomic E-state index is 13.5. The Labute approximate surface area is 194 Å². The summed E-state index contributed by atoms with van der Waals surface area (Å²) >= 11 is 0. The van der Waals surface area contributed by atoms with Gasteiger partial charge >= 0.3 is 0 Å². The average molecular weight is 469 g/mol. The predicted octanol–water partition coefficient (Wildman–Crippen LogP) is 2.28. The maximum atomic E-state index is 13.5. The first-order valence-electron chi connectivity index (χ1n) is 11.1. The van der Waals surface area contributed by atoms with Crippen LogP contribution in [-0.2, 0) is 10.2 Å². The molecule has 2 aromatic heterocycles. The number of benzene rings is 1. The van der Waals surface area contributed by atoms with Crippen LogP contribution in [0.3, 0.4) is 0 Å². The Kier molecular flexibility index (Phi) is 6.87. The fourth-order valence-electron chi connectivity index (χ4n) is 3.96. The number of amides is 1. The Hall–Kier alpha value is -3.08. The summed E-state index contributed by atoms with van der Waals surface area (Å²) in [6, 6.07) is 13.3. The van der Waals surface area contributed by atoms with E-state index in [1.807, 2.05) is 56.3 Å². The molecule has 10 heteroatoms. The van der Waals surface area contributed by atoms with Crippen molar-refractivity contribution in [3.05, 3.63) is 66.6 Å². The van der Waals surface area contributed by atoms with Crippen molar-refractivity contribution in [3.63, 3.8) is 0 Å². The molecule has 1 aliphatic rings. The standard InChI is InChI=1S/C23H28N6O3S/c1-3-27(4-2)33(31,32)28-15-13-26(14-16-28)23(30)21-18-29(20-10-6-5-7-11-20)25-22(21)19-9-8-12-24-17-19/h5-12,17-18H,3-4,13-16H2,1-2H3. The first-order chi connectivity index (χ1) is 16.0. The SMILES string of the molecule is CCN(CC)S(=O)(=O)N1CCN(C(=O)c2cn(-c3ccccc3)nc2-c2cccnc2)CC1. The van der Waals surface area contributed by atoms with Crippen LogP contribution in [0.4, 0.5) is 0 Å². The number of aromatic nitrogens is 3. The van der Waals surface area contributed by atoms with E-state index in [0.717, 1.165) is 11.3 Å². The lowest BCUT2D eigenvalue weighted by Gasteiger charge is -2.36. The summed E-state index contributed by atoms with van der Waals surface area (Å²) in [6.07, 6.45) is 5.09. The van der Waals surface area contributed by atoms with Gasteiger partial charge in [0.05, 0.1) is 11.3 Å². The molecule has 1 aliphatic heterocycles. The molecule has 4 rings (SSSR count). The topological polar surface area (TPSA) is 91.6 Å². The van der Waals surface area contributed by atoms with Gasteiger partial charge in [-0.3, -0.25) is 9.78 Å². The highest BCUT2D eigenvalue weighted by atomic mass is 32.2. The van der Waals surface area contributed by atoms with Crippen LogP contribution in [0.15, 0.2) is 61.1 Å². The van der Waals surface area contributed by atoms with Gasteiger partial charge in [-0.1, -0.05) is 32.0 Å². The van der Waals surface area contributed by atoms with Gasteiger partial charge in [0.15, 0.2) is 0 Å². The summed E-state index contributed by atoms with van der Waals surface area (Å²) < 4.78 is 30.2. The van der Waals surface area contributed by atoms with Gasteiger partial charge in [-0.25, -0.2) is 4.68 Å². The second kappa shape index (κ2) is 9.82. The van der Waals surface area contributed by atoms with E-state index in [2.05, 4.69) is 10.1 Å². The van der Waals surface area contributed by atoms with Gasteiger partial charge < -0.3 is 4.90 Å². The van der Waals surface area contributed by atoms with Crippen LogP contribution >= 0.6 is 0 Å². The third kappa shape index (κ3) is 4.68. The van der Waals surface area contributed by atoms with E-state index in [1.54, 1.807) is 28.2 Å². The molecule has 0 unspecified atom stereocenters. The van der Waals surface area contributed by atoms with Crippen molar-refractivity contribution in [2.24, 2.45) is 0 Å². The van der Waals surface area contributed by atoms with Gasteiger partial charge in [0.1, 0.15) is 5.69 Å². The lowest BCUT2D eigenvalue weighted by Crippen LogP contribution is -2.54. The van der Waals surface area contributed by atoms with Crippen LogP contribution in [0.2, 0.25) is 0 Å². The molecule has 33 heavy (non-hydrogen) atoms. The molecule has 0 spiro atoms. The molecule has 174 valence electrons. The van der Waals surface area contributed by atoms with Gasteiger partial charge in [0, 0.05) is 63.4 Å². The van der Waals surface area contributed by atoms with E-state index in [0.29, 0.717) is 37.4 Å². The molecular formula is C23H28N6O3S. The molecule has 0 N–H and O–H groups in total. The minimum atomic E-state index is -3.52. The molecule has 1 aromatic carbocycles. The molecule has 3 heterocycles. The Morgan fingerprint density at radius 2 is 1.70 bits per heavy atom. The number of pyridine rings is 1. The number of para-hydroxylation sites is 1. The summed E-state index contributed by atoms with van der Waals surface area (Å²) in [7, 11) is -3.52. The normalized spacial score (nSPS) is 15.2. The minimum Gasteiger partial charge on any atom is -0.336 e. The highest BCUT2D eigenvalue weighted by Crippen LogP contribution is 2.25. The first-order valence-corrected chi connectivity index (χ1v) is 12.4. The van der Waals surface area contributed by atoms with Crippen LogP contribution < -0.4 is 0 Å². The average Bonchev–Trinajstić information content (AvgIpc) is 3.31. The van der Waals surface area contributed by atoms with Crippen molar-refractivity contribution < 1.29 is 13.2 Å². The van der Waals surface area contributed by atoms with Crippen LogP contribution in [0, 0.1) is 0 Å². The Balaban J connectivity index is 1.59. The third-order valence-corrected chi connectivity index (χ3v) is 7.97. The second-order valence-electron chi connectivity index (χ2n) is 7.70. The number of nitrogens with zero attached hydrogens (tertiary/aromatic N) is 6. The fourth-order valence-corrected chi connectivity index (χ4v) is 5.57. The molecule has 0 aliphatic carbocycles. The molecule has 0 bridgehead atoms. The van der Waals surface area contributed by atoms with Crippen LogP contribution in [0.1, 0.15) is 24.2 Å². The minimum absolute atomic E-state index is 0.170. The molecule has 9 nitrogen and oxygen atoms in total. The highest BCUT2D eigenvalue weighted by Gasteiger charge is 2.33. The summed E-state index contributed by atoms with van der Waals surface area (Å²) in [6.45, 7) is 5.66. The van der Waals surface area contributed by atoms with E-state index >= 15 is 0 Å². The summed E-state index contributed by atoms with van der Waals surface area (Å²) in [5.74, 6) is -0.170. The molecule has 0 atom stereocenters. The second-order valence-corrected chi connectivity index (χ2v) is 9.62. The number of hydrogen-bond acceptors (Lipinski definition) is 5. The van der Waals surface area contributed by atoms with Crippen molar-refractivity contribution in [1.29, 1.82) is 0 Å². The van der Waals surface area contributed by atoms with E-state index in [4.69, 9.17) is 0 Å². The van der Waals surface area contributed by atoms with E-state index in [1.165, 1.54) is 8.61 Å². The summed E-state index contributed by atoms with van der Waals surface area (Å²) in [4.78, 5) is 19.4. The number of carbonyl (C=O) groups is 1. The van der Waals surface area contributed by atoms with Gasteiger partial charge in [-0.05, 0) is 24.3 Å². The predicted molar refractivity (Wildman–Crippen MR) is 126 cm³/mol. The van der Waals surface area contributed by atoms with Gasteiger partial charge in [0.2, 0.25) is 0 Å². The van der Waals surface area contributed by atoms with Crippen molar-refractivity contribution in [1.82, 2.24) is 28.3 Å². The van der Waals surface area contributed by atoms with Crippen molar-refractivity contribution in [3.8, 4) is 16.9 Å². The van der Waals surface area contributed by atoms with Crippen molar-refractivity contribution >= 4 is 16.1 Å². The number of carbonyl (C=O) groups excluding carboxylic acids is 1. The first kappa shape index (κ1) is 23.1. The monoisotopic (exact) mass is 468 g/mol. The third-order valence-electron chi connectivity index (χ3n) is 5.78. The van der Waals surface area contributed by atoms with Gasteiger partial charge in [-0.2, -0.15) is 22.1 Å². The molecule has 0 saturated carbocycles. The zero-order valence-electron chi connectivity index (χ0n) is 18.8. The fraction of sp³-hybridized carbons (Fsp3) is 0.348. The van der Waals surface area contributed by atoms with E-state index < -0.39 is 10.2 Å². The zero-order valence-corrected chi connectivity index (χ0v) is 19.6. The van der Waals surface area contributed by atoms with Gasteiger partial charge in [-0.15, -0.1) is 0 Å². The largest absolute Gasteiger partial charge is 0.336 e. The van der Waals surface area contributed by atoms with E-state index in [9.17, 15) is 13.2 Å². The molecule has 1 saturated heterocycles. The Morgan fingerprint density at radius 1 is 1.00 bits per heavy atom. The molecule has 1 amide bonds. The van der Waals surface area contributed by atoms with Crippen molar-refractivity contribution in [2.75, 3.05) is 39.3 Å². The van der Waals surface area contributed by atoms with Crippen LogP contribution in [0.5, 0.6) is 0 Å². The van der Waals surface area contributed by atoms with Gasteiger partial charge in [0.25, 0.3) is 16.1 Å². The number of piperazine rings is 1. The number of hydrogen-bond donors (Lipinski definition) is 0. The highest BCUT2D eigenvalue weighted by molar-refractivity contribution is 7.86.